The van der Waals surface area contributed by atoms with Gasteiger partial charge >= 0.3 is 12.1 Å². The fourth-order valence-corrected chi connectivity index (χ4v) is 1.66. The first-order chi connectivity index (χ1) is 9.29. The summed E-state index contributed by atoms with van der Waals surface area (Å²) in [5.74, 6) is -1.67. The molecule has 0 aromatic heterocycles. The first-order valence-electron chi connectivity index (χ1n) is 5.57. The van der Waals surface area contributed by atoms with Gasteiger partial charge < -0.3 is 9.47 Å². The normalized spacial score (nSPS) is 15.8. The highest BCUT2D eigenvalue weighted by Crippen LogP contribution is 2.43. The van der Waals surface area contributed by atoms with E-state index >= 15 is 0 Å². The maximum atomic E-state index is 13.4. The van der Waals surface area contributed by atoms with Crippen LogP contribution in [-0.4, -0.2) is 25.4 Å². The van der Waals surface area contributed by atoms with E-state index in [-0.39, 0.29) is 0 Å². The summed E-state index contributed by atoms with van der Waals surface area (Å²) in [5, 5.41) is 8.55. The largest absolute Gasteiger partial charge is 0.445 e. The Morgan fingerprint density at radius 3 is 2.25 bits per heavy atom. The van der Waals surface area contributed by atoms with Gasteiger partial charge in [0.25, 0.3) is 5.60 Å². The molecule has 0 unspecified atom stereocenters. The molecule has 0 aliphatic carbocycles. The molecular formula is C13H12F3NO3. The molecule has 2 atom stereocenters. The molecule has 0 fully saturated rings. The van der Waals surface area contributed by atoms with Crippen LogP contribution in [0.4, 0.5) is 13.2 Å². The molecule has 0 N–H and O–H groups in total. The Hall–Kier alpha value is -2.07. The van der Waals surface area contributed by atoms with E-state index in [2.05, 4.69) is 9.47 Å². The molecular weight excluding hydrogens is 275 g/mol. The molecule has 0 saturated heterocycles. The zero-order valence-electron chi connectivity index (χ0n) is 10.8. The Kier molecular flexibility index (Phi) is 4.73. The number of rotatable bonds is 4. The van der Waals surface area contributed by atoms with Gasteiger partial charge in [0, 0.05) is 12.7 Å². The molecule has 0 bridgehead atoms. The predicted octanol–water partition coefficient (Wildman–Crippen LogP) is 2.55. The Morgan fingerprint density at radius 1 is 1.30 bits per heavy atom. The molecule has 0 aliphatic rings. The van der Waals surface area contributed by atoms with Crippen molar-refractivity contribution in [2.24, 2.45) is 0 Å². The number of hydrogen-bond donors (Lipinski definition) is 0. The molecule has 0 heterocycles. The van der Waals surface area contributed by atoms with E-state index in [0.29, 0.717) is 0 Å². The van der Waals surface area contributed by atoms with E-state index in [1.807, 2.05) is 0 Å². The second-order valence-corrected chi connectivity index (χ2v) is 3.93. The Morgan fingerprint density at radius 2 is 1.85 bits per heavy atom. The highest BCUT2D eigenvalue weighted by Gasteiger charge is 2.64. The highest BCUT2D eigenvalue weighted by molar-refractivity contribution is 5.83. The number of nitriles is 1. The van der Waals surface area contributed by atoms with E-state index in [1.54, 1.807) is 0 Å². The smallest absolute Gasteiger partial charge is 0.432 e. The number of benzene rings is 1. The monoisotopic (exact) mass is 287 g/mol. The van der Waals surface area contributed by atoms with Gasteiger partial charge in [-0.1, -0.05) is 30.3 Å². The van der Waals surface area contributed by atoms with Gasteiger partial charge in [0.2, 0.25) is 0 Å². The maximum Gasteiger partial charge on any atom is 0.432 e. The third-order valence-corrected chi connectivity index (χ3v) is 2.64. The zero-order valence-corrected chi connectivity index (χ0v) is 10.8. The molecule has 7 heteroatoms. The standard InChI is InChI=1S/C13H12F3NO3/c1-9(8-17)20-11(18)12(19-2,13(14,15)16)10-6-4-3-5-7-10/h3-7,9H,1-2H3/t9-,12+/m1/s1. The summed E-state index contributed by atoms with van der Waals surface area (Å²) in [6.45, 7) is 1.17. The quantitative estimate of drug-likeness (QED) is 0.798. The van der Waals surface area contributed by atoms with Crippen molar-refractivity contribution in [2.45, 2.75) is 24.8 Å². The van der Waals surface area contributed by atoms with Gasteiger partial charge in [-0.15, -0.1) is 0 Å². The second kappa shape index (κ2) is 5.92. The first kappa shape index (κ1) is 16.0. The van der Waals surface area contributed by atoms with Crippen molar-refractivity contribution < 1.29 is 27.4 Å². The van der Waals surface area contributed by atoms with Crippen LogP contribution in [0.25, 0.3) is 0 Å². The van der Waals surface area contributed by atoms with Crippen molar-refractivity contribution in [3.05, 3.63) is 35.9 Å². The fraction of sp³-hybridized carbons (Fsp3) is 0.385. The number of hydrogen-bond acceptors (Lipinski definition) is 4. The third kappa shape index (κ3) is 2.75. The maximum absolute atomic E-state index is 13.4. The lowest BCUT2D eigenvalue weighted by atomic mass is 9.92. The van der Waals surface area contributed by atoms with E-state index in [1.165, 1.54) is 31.2 Å². The van der Waals surface area contributed by atoms with Crippen LogP contribution in [0, 0.1) is 11.3 Å². The topological polar surface area (TPSA) is 59.3 Å². The van der Waals surface area contributed by atoms with Crippen molar-refractivity contribution in [1.29, 1.82) is 5.26 Å². The lowest BCUT2D eigenvalue weighted by Crippen LogP contribution is -2.52. The van der Waals surface area contributed by atoms with Crippen LogP contribution < -0.4 is 0 Å². The summed E-state index contributed by atoms with van der Waals surface area (Å²) in [6, 6.07) is 7.93. The molecule has 0 amide bonds. The average molecular weight is 287 g/mol. The summed E-state index contributed by atoms with van der Waals surface area (Å²) in [4.78, 5) is 11.9. The summed E-state index contributed by atoms with van der Waals surface area (Å²) in [7, 11) is 0.763. The van der Waals surface area contributed by atoms with Crippen molar-refractivity contribution in [3.8, 4) is 6.07 Å². The van der Waals surface area contributed by atoms with Gasteiger partial charge in [-0.2, -0.15) is 18.4 Å². The first-order valence-corrected chi connectivity index (χ1v) is 5.57. The minimum atomic E-state index is -5.03. The number of carbonyl (C=O) groups is 1. The van der Waals surface area contributed by atoms with Crippen LogP contribution in [0.2, 0.25) is 0 Å². The summed E-state index contributed by atoms with van der Waals surface area (Å²) < 4.78 is 49.1. The number of alkyl halides is 3. The number of nitrogens with zero attached hydrogens (tertiary/aromatic N) is 1. The molecule has 1 rings (SSSR count). The number of halogens is 3. The number of esters is 1. The van der Waals surface area contributed by atoms with E-state index in [0.717, 1.165) is 19.2 Å². The van der Waals surface area contributed by atoms with Gasteiger partial charge in [0.15, 0.2) is 6.10 Å². The SMILES string of the molecule is CO[C@](C(=O)O[C@H](C)C#N)(c1ccccc1)C(F)(F)F. The molecule has 0 saturated carbocycles. The summed E-state index contributed by atoms with van der Waals surface area (Å²) >= 11 is 0. The van der Waals surface area contributed by atoms with Crippen LogP contribution in [0.1, 0.15) is 12.5 Å². The Balaban J connectivity index is 3.36. The van der Waals surface area contributed by atoms with Crippen LogP contribution in [-0.2, 0) is 19.9 Å². The number of methoxy groups -OCH3 is 1. The van der Waals surface area contributed by atoms with Crippen LogP contribution in [0.15, 0.2) is 30.3 Å². The van der Waals surface area contributed by atoms with Crippen LogP contribution in [0.3, 0.4) is 0 Å². The summed E-state index contributed by atoms with van der Waals surface area (Å²) in [5.41, 5.74) is -3.66. The average Bonchev–Trinajstić information content (AvgIpc) is 2.39. The van der Waals surface area contributed by atoms with Crippen molar-refractivity contribution in [1.82, 2.24) is 0 Å². The molecule has 20 heavy (non-hydrogen) atoms. The van der Waals surface area contributed by atoms with E-state index in [4.69, 9.17) is 5.26 Å². The lowest BCUT2D eigenvalue weighted by Gasteiger charge is -2.32. The van der Waals surface area contributed by atoms with Gasteiger partial charge in [0.1, 0.15) is 6.07 Å². The number of ether oxygens (including phenoxy) is 2. The van der Waals surface area contributed by atoms with Gasteiger partial charge in [0.05, 0.1) is 0 Å². The molecule has 0 radical (unpaired) electrons. The molecule has 108 valence electrons. The fourth-order valence-electron chi connectivity index (χ4n) is 1.66. The van der Waals surface area contributed by atoms with Crippen LogP contribution >= 0.6 is 0 Å². The molecule has 1 aromatic rings. The zero-order chi connectivity index (χ0) is 15.4. The van der Waals surface area contributed by atoms with Gasteiger partial charge in [-0.3, -0.25) is 0 Å². The van der Waals surface area contributed by atoms with Crippen molar-refractivity contribution in [2.75, 3.05) is 7.11 Å². The molecule has 4 nitrogen and oxygen atoms in total. The third-order valence-electron chi connectivity index (χ3n) is 2.64. The molecule has 1 aromatic carbocycles. The Bertz CT molecular complexity index is 510. The Labute approximate surface area is 113 Å². The van der Waals surface area contributed by atoms with Crippen molar-refractivity contribution >= 4 is 5.97 Å². The van der Waals surface area contributed by atoms with Gasteiger partial charge in [-0.05, 0) is 6.92 Å². The lowest BCUT2D eigenvalue weighted by molar-refractivity contribution is -0.277. The summed E-state index contributed by atoms with van der Waals surface area (Å²) in [6.07, 6.45) is -6.35. The van der Waals surface area contributed by atoms with E-state index in [9.17, 15) is 18.0 Å². The minimum absolute atomic E-state index is 0.412. The molecule has 0 spiro atoms. The second-order valence-electron chi connectivity index (χ2n) is 3.93. The molecule has 0 aliphatic heterocycles. The van der Waals surface area contributed by atoms with Crippen molar-refractivity contribution in [3.63, 3.8) is 0 Å². The van der Waals surface area contributed by atoms with Crippen LogP contribution in [0.5, 0.6) is 0 Å². The number of carbonyl (C=O) groups excluding carboxylic acids is 1. The van der Waals surface area contributed by atoms with E-state index < -0.39 is 29.4 Å². The minimum Gasteiger partial charge on any atom is -0.445 e. The highest BCUT2D eigenvalue weighted by atomic mass is 19.4. The predicted molar refractivity (Wildman–Crippen MR) is 62.4 cm³/mol. The van der Waals surface area contributed by atoms with Gasteiger partial charge in [-0.25, -0.2) is 4.79 Å².